The van der Waals surface area contributed by atoms with E-state index in [4.69, 9.17) is 11.6 Å². The number of alkyl halides is 3. The molecule has 15 heteroatoms. The van der Waals surface area contributed by atoms with Gasteiger partial charge in [-0.05, 0) is 44.4 Å². The number of benzene rings is 1. The van der Waals surface area contributed by atoms with Crippen molar-refractivity contribution in [3.8, 4) is 0 Å². The first-order chi connectivity index (χ1) is 21.9. The van der Waals surface area contributed by atoms with Crippen LogP contribution < -0.4 is 5.43 Å². The summed E-state index contributed by atoms with van der Waals surface area (Å²) < 4.78 is 44.3. The Labute approximate surface area is 270 Å². The minimum atomic E-state index is -4.66. The molecule has 0 bridgehead atoms. The number of halogens is 4. The Bertz CT molecular complexity index is 1560. The molecule has 2 aromatic heterocycles. The number of fused-ring (bicyclic) bond motifs is 1. The van der Waals surface area contributed by atoms with Gasteiger partial charge >= 0.3 is 6.36 Å². The molecule has 2 aliphatic rings. The maximum Gasteiger partial charge on any atom is 0.522 e. The predicted molar refractivity (Wildman–Crippen MR) is 165 cm³/mol. The number of piperazine rings is 1. The van der Waals surface area contributed by atoms with Gasteiger partial charge < -0.3 is 9.47 Å². The van der Waals surface area contributed by atoms with Crippen LogP contribution in [-0.2, 0) is 16.1 Å². The van der Waals surface area contributed by atoms with E-state index in [0.29, 0.717) is 72.7 Å². The Hall–Kier alpha value is -3.46. The number of rotatable bonds is 11. The molecule has 0 atom stereocenters. The lowest BCUT2D eigenvalue weighted by molar-refractivity contribution is -0.325. The maximum atomic E-state index is 13.5. The first-order valence-electron chi connectivity index (χ1n) is 15.6. The summed E-state index contributed by atoms with van der Waals surface area (Å²) in [6.07, 6.45) is 1.44. The zero-order chi connectivity index (χ0) is 33.0. The van der Waals surface area contributed by atoms with Gasteiger partial charge in [-0.15, -0.1) is 13.2 Å². The zero-order valence-corrected chi connectivity index (χ0v) is 26.7. The maximum absolute atomic E-state index is 13.5. The van der Waals surface area contributed by atoms with Crippen LogP contribution in [0.25, 0.3) is 10.9 Å². The van der Waals surface area contributed by atoms with Gasteiger partial charge in [0.05, 0.1) is 30.0 Å². The molecule has 1 aromatic carbocycles. The molecule has 2 aliphatic heterocycles. The van der Waals surface area contributed by atoms with E-state index in [-0.39, 0.29) is 36.7 Å². The Morgan fingerprint density at radius 3 is 2.46 bits per heavy atom. The van der Waals surface area contributed by atoms with Crippen molar-refractivity contribution in [2.75, 3.05) is 52.4 Å². The molecule has 0 aliphatic carbocycles. The molecule has 250 valence electrons. The molecular formula is C31H39ClF3N7O4. The SMILES string of the molecule is CCCC(=O)c1cnn(C2CCN(NC(=O)c3cn(CC(=O)N4CCN(CCOC(F)(F)F)CC4)c4ccc(Cl)cc34)CC2)c1C. The molecule has 0 radical (unpaired) electrons. The van der Waals surface area contributed by atoms with Gasteiger partial charge in [0.2, 0.25) is 5.91 Å². The summed E-state index contributed by atoms with van der Waals surface area (Å²) in [5.74, 6) is -0.358. The first kappa shape index (κ1) is 33.9. The third-order valence-electron chi connectivity index (χ3n) is 8.68. The molecule has 2 amide bonds. The molecule has 2 saturated heterocycles. The molecule has 46 heavy (non-hydrogen) atoms. The number of carbonyl (C=O) groups is 3. The van der Waals surface area contributed by atoms with Crippen molar-refractivity contribution in [2.45, 2.75) is 58.5 Å². The fraction of sp³-hybridized carbons (Fsp3) is 0.548. The van der Waals surface area contributed by atoms with Crippen molar-refractivity contribution >= 4 is 40.1 Å². The quantitative estimate of drug-likeness (QED) is 0.302. The van der Waals surface area contributed by atoms with Crippen LogP contribution in [0.4, 0.5) is 13.2 Å². The second-order valence-corrected chi connectivity index (χ2v) is 12.2. The van der Waals surface area contributed by atoms with E-state index in [1.807, 2.05) is 28.4 Å². The first-order valence-corrected chi connectivity index (χ1v) is 15.9. The number of ether oxygens (including phenoxy) is 1. The largest absolute Gasteiger partial charge is 0.522 e. The minimum Gasteiger partial charge on any atom is -0.339 e. The highest BCUT2D eigenvalue weighted by molar-refractivity contribution is 6.31. The van der Waals surface area contributed by atoms with Crippen molar-refractivity contribution in [1.29, 1.82) is 0 Å². The second kappa shape index (κ2) is 14.5. The molecule has 5 rings (SSSR count). The lowest BCUT2D eigenvalue weighted by atomic mass is 10.0. The summed E-state index contributed by atoms with van der Waals surface area (Å²) >= 11 is 6.29. The topological polar surface area (TPSA) is 105 Å². The summed E-state index contributed by atoms with van der Waals surface area (Å²) in [4.78, 5) is 42.7. The number of aromatic nitrogens is 3. The van der Waals surface area contributed by atoms with Crippen molar-refractivity contribution in [1.82, 2.24) is 34.6 Å². The third-order valence-corrected chi connectivity index (χ3v) is 8.92. The number of hydrogen-bond donors (Lipinski definition) is 1. The van der Waals surface area contributed by atoms with E-state index < -0.39 is 13.0 Å². The Morgan fingerprint density at radius 1 is 1.07 bits per heavy atom. The minimum absolute atomic E-state index is 0.0000398. The lowest BCUT2D eigenvalue weighted by Gasteiger charge is -2.34. The highest BCUT2D eigenvalue weighted by atomic mass is 35.5. The van der Waals surface area contributed by atoms with Gasteiger partial charge in [0, 0.05) is 80.1 Å². The van der Waals surface area contributed by atoms with Crippen LogP contribution in [0.15, 0.2) is 30.6 Å². The van der Waals surface area contributed by atoms with Gasteiger partial charge in [-0.2, -0.15) is 5.10 Å². The Balaban J connectivity index is 1.18. The van der Waals surface area contributed by atoms with Gasteiger partial charge in [0.15, 0.2) is 5.78 Å². The molecule has 3 aromatic rings. The molecule has 0 unspecified atom stereocenters. The third kappa shape index (κ3) is 8.08. The number of ketones is 1. The molecular weight excluding hydrogens is 627 g/mol. The van der Waals surface area contributed by atoms with Crippen LogP contribution >= 0.6 is 11.6 Å². The molecule has 0 saturated carbocycles. The van der Waals surface area contributed by atoms with Gasteiger partial charge in [0.25, 0.3) is 5.91 Å². The van der Waals surface area contributed by atoms with Gasteiger partial charge in [-0.1, -0.05) is 18.5 Å². The summed E-state index contributed by atoms with van der Waals surface area (Å²) in [7, 11) is 0. The van der Waals surface area contributed by atoms with E-state index in [9.17, 15) is 27.6 Å². The van der Waals surface area contributed by atoms with Crippen molar-refractivity contribution in [2.24, 2.45) is 0 Å². The number of amides is 2. The smallest absolute Gasteiger partial charge is 0.339 e. The van der Waals surface area contributed by atoms with E-state index in [2.05, 4.69) is 15.3 Å². The highest BCUT2D eigenvalue weighted by Crippen LogP contribution is 2.27. The van der Waals surface area contributed by atoms with Crippen LogP contribution in [0.3, 0.4) is 0 Å². The number of carbonyl (C=O) groups excluding carboxylic acids is 3. The van der Waals surface area contributed by atoms with Crippen molar-refractivity contribution in [3.05, 3.63) is 52.4 Å². The number of nitrogens with zero attached hydrogens (tertiary/aromatic N) is 6. The molecule has 0 spiro atoms. The fourth-order valence-electron chi connectivity index (χ4n) is 6.19. The van der Waals surface area contributed by atoms with Gasteiger partial charge in [-0.25, -0.2) is 5.01 Å². The number of hydrogen-bond acceptors (Lipinski definition) is 7. The number of piperidine rings is 1. The predicted octanol–water partition coefficient (Wildman–Crippen LogP) is 4.44. The van der Waals surface area contributed by atoms with Crippen LogP contribution in [-0.4, -0.2) is 106 Å². The molecule has 2 fully saturated rings. The number of hydrazine groups is 1. The molecule has 1 N–H and O–H groups in total. The standard InChI is InChI=1S/C31H39ClF3N7O4/c1-3-4-28(43)25-18-36-42(21(25)2)23-7-9-41(10-8-23)37-30(45)26-19-40(27-6-5-22(32)17-24(26)27)20-29(44)39-13-11-38(12-14-39)15-16-46-31(33,34)35/h5-6,17-19,23H,3-4,7-16,20H2,1-2H3,(H,37,45). The lowest BCUT2D eigenvalue weighted by Crippen LogP contribution is -2.50. The normalized spacial score (nSPS) is 17.1. The summed E-state index contributed by atoms with van der Waals surface area (Å²) in [5.41, 5.74) is 5.63. The second-order valence-electron chi connectivity index (χ2n) is 11.8. The summed E-state index contributed by atoms with van der Waals surface area (Å²) in [6.45, 7) is 6.42. The zero-order valence-electron chi connectivity index (χ0n) is 26.0. The fourth-order valence-corrected chi connectivity index (χ4v) is 6.36. The van der Waals surface area contributed by atoms with Crippen LogP contribution in [0.5, 0.6) is 0 Å². The van der Waals surface area contributed by atoms with Gasteiger partial charge in [-0.3, -0.25) is 34.1 Å². The van der Waals surface area contributed by atoms with E-state index >= 15 is 0 Å². The number of nitrogens with one attached hydrogen (secondary N) is 1. The van der Waals surface area contributed by atoms with Gasteiger partial charge in [0.1, 0.15) is 6.54 Å². The average Bonchev–Trinajstić information content (AvgIpc) is 3.57. The average molecular weight is 666 g/mol. The van der Waals surface area contributed by atoms with Crippen LogP contribution in [0, 0.1) is 6.92 Å². The van der Waals surface area contributed by atoms with E-state index in [0.717, 1.165) is 25.0 Å². The Morgan fingerprint density at radius 2 is 1.78 bits per heavy atom. The Kier molecular flexibility index (Phi) is 10.7. The highest BCUT2D eigenvalue weighted by Gasteiger charge is 2.30. The monoisotopic (exact) mass is 665 g/mol. The van der Waals surface area contributed by atoms with Crippen LogP contribution in [0.1, 0.15) is 65.1 Å². The van der Waals surface area contributed by atoms with E-state index in [1.165, 1.54) is 0 Å². The number of Topliss-reactive ketones (excluding diaryl/α,β-unsaturated/α-hetero) is 1. The molecule has 11 nitrogen and oxygen atoms in total. The molecule has 4 heterocycles. The summed E-state index contributed by atoms with van der Waals surface area (Å²) in [5, 5.41) is 7.46. The van der Waals surface area contributed by atoms with Crippen molar-refractivity contribution < 1.29 is 32.3 Å². The summed E-state index contributed by atoms with van der Waals surface area (Å²) in [6, 6.07) is 5.31. The van der Waals surface area contributed by atoms with E-state index in [1.54, 1.807) is 40.1 Å². The van der Waals surface area contributed by atoms with Crippen molar-refractivity contribution in [3.63, 3.8) is 0 Å². The van der Waals surface area contributed by atoms with Crippen LogP contribution in [0.2, 0.25) is 5.02 Å².